The molecule has 1 amide bonds. The average molecular weight is 235 g/mol. The second kappa shape index (κ2) is 4.75. The fraction of sp³-hybridized carbons (Fsp3) is 0.462. The molecular weight excluding hydrogens is 218 g/mol. The lowest BCUT2D eigenvalue weighted by atomic mass is 10.0. The van der Waals surface area contributed by atoms with Gasteiger partial charge >= 0.3 is 0 Å². The lowest BCUT2D eigenvalue weighted by molar-refractivity contribution is 0.0645. The summed E-state index contributed by atoms with van der Waals surface area (Å²) in [6.07, 6.45) is 0.893. The Morgan fingerprint density at radius 1 is 1.47 bits per heavy atom. The minimum absolute atomic E-state index is 0.00579. The molecule has 0 radical (unpaired) electrons. The van der Waals surface area contributed by atoms with E-state index in [0.29, 0.717) is 18.0 Å². The van der Waals surface area contributed by atoms with Gasteiger partial charge in [-0.05, 0) is 24.5 Å². The molecular formula is C13H17NO3. The maximum Gasteiger partial charge on any atom is 0.257 e. The van der Waals surface area contributed by atoms with Gasteiger partial charge in [-0.1, -0.05) is 19.1 Å². The van der Waals surface area contributed by atoms with Crippen molar-refractivity contribution in [3.8, 4) is 5.75 Å². The van der Waals surface area contributed by atoms with E-state index in [9.17, 15) is 15.0 Å². The highest BCUT2D eigenvalue weighted by atomic mass is 16.3. The first-order chi connectivity index (χ1) is 8.15. The number of hydrogen-bond donors (Lipinski definition) is 2. The quantitative estimate of drug-likeness (QED) is 0.810. The zero-order chi connectivity index (χ0) is 12.4. The third kappa shape index (κ3) is 2.13. The van der Waals surface area contributed by atoms with Crippen molar-refractivity contribution in [1.29, 1.82) is 0 Å². The molecule has 1 saturated heterocycles. The summed E-state index contributed by atoms with van der Waals surface area (Å²) in [5.41, 5.74) is 0.306. The number of rotatable bonds is 2. The predicted octanol–water partition coefficient (Wildman–Crippen LogP) is 1.24. The molecule has 4 nitrogen and oxygen atoms in total. The molecule has 1 aromatic carbocycles. The second-order valence-electron chi connectivity index (χ2n) is 4.53. The number of amides is 1. The molecule has 0 spiro atoms. The topological polar surface area (TPSA) is 60.8 Å². The number of aliphatic hydroxyl groups excluding tert-OH is 1. The Morgan fingerprint density at radius 3 is 2.82 bits per heavy atom. The zero-order valence-electron chi connectivity index (χ0n) is 9.84. The first kappa shape index (κ1) is 11.9. The van der Waals surface area contributed by atoms with Crippen LogP contribution in [-0.2, 0) is 0 Å². The van der Waals surface area contributed by atoms with E-state index in [1.54, 1.807) is 23.1 Å². The van der Waals surface area contributed by atoms with E-state index in [-0.39, 0.29) is 24.3 Å². The third-order valence-corrected chi connectivity index (χ3v) is 3.46. The molecule has 1 aromatic rings. The van der Waals surface area contributed by atoms with Crippen LogP contribution in [0.5, 0.6) is 5.75 Å². The number of hydrogen-bond acceptors (Lipinski definition) is 3. The summed E-state index contributed by atoms with van der Waals surface area (Å²) >= 11 is 0. The first-order valence-electron chi connectivity index (χ1n) is 5.85. The van der Waals surface area contributed by atoms with Crippen molar-refractivity contribution in [3.05, 3.63) is 29.8 Å². The van der Waals surface area contributed by atoms with Crippen molar-refractivity contribution < 1.29 is 15.0 Å². The second-order valence-corrected chi connectivity index (χ2v) is 4.53. The normalized spacial score (nSPS) is 24.0. The summed E-state index contributed by atoms with van der Waals surface area (Å²) in [7, 11) is 0. The van der Waals surface area contributed by atoms with Crippen LogP contribution in [0.4, 0.5) is 0 Å². The number of carbonyl (C=O) groups is 1. The van der Waals surface area contributed by atoms with Gasteiger partial charge in [0.15, 0.2) is 0 Å². The van der Waals surface area contributed by atoms with Crippen LogP contribution in [0.1, 0.15) is 23.7 Å². The molecule has 0 saturated carbocycles. The highest BCUT2D eigenvalue weighted by Gasteiger charge is 2.34. The number of para-hydroxylation sites is 1. The highest BCUT2D eigenvalue weighted by molar-refractivity contribution is 5.97. The number of likely N-dealkylation sites (tertiary alicyclic amines) is 1. The van der Waals surface area contributed by atoms with Gasteiger partial charge in [0.1, 0.15) is 5.75 Å². The van der Waals surface area contributed by atoms with Crippen LogP contribution in [0.2, 0.25) is 0 Å². The molecule has 2 N–H and O–H groups in total. The van der Waals surface area contributed by atoms with Crippen molar-refractivity contribution in [1.82, 2.24) is 4.90 Å². The lowest BCUT2D eigenvalue weighted by Gasteiger charge is -2.25. The summed E-state index contributed by atoms with van der Waals surface area (Å²) in [5.74, 6) is 0.0926. The van der Waals surface area contributed by atoms with Crippen molar-refractivity contribution in [2.45, 2.75) is 19.4 Å². The van der Waals surface area contributed by atoms with Crippen LogP contribution in [-0.4, -0.2) is 40.2 Å². The monoisotopic (exact) mass is 235 g/mol. The van der Waals surface area contributed by atoms with Gasteiger partial charge in [-0.15, -0.1) is 0 Å². The van der Waals surface area contributed by atoms with Crippen molar-refractivity contribution in [3.63, 3.8) is 0 Å². The SMILES string of the molecule is CC1CCN(C(=O)c2ccccc2O)C1CO. The van der Waals surface area contributed by atoms with E-state index in [1.165, 1.54) is 6.07 Å². The van der Waals surface area contributed by atoms with Crippen LogP contribution < -0.4 is 0 Å². The fourth-order valence-electron chi connectivity index (χ4n) is 2.35. The number of phenolic OH excluding ortho intramolecular Hbond substituents is 1. The zero-order valence-corrected chi connectivity index (χ0v) is 9.84. The van der Waals surface area contributed by atoms with E-state index in [2.05, 4.69) is 0 Å². The minimum Gasteiger partial charge on any atom is -0.507 e. The summed E-state index contributed by atoms with van der Waals surface area (Å²) in [6, 6.07) is 6.38. The molecule has 0 bridgehead atoms. The van der Waals surface area contributed by atoms with E-state index < -0.39 is 0 Å². The van der Waals surface area contributed by atoms with Gasteiger partial charge in [-0.25, -0.2) is 0 Å². The number of carbonyl (C=O) groups excluding carboxylic acids is 1. The Kier molecular flexibility index (Phi) is 3.33. The van der Waals surface area contributed by atoms with Crippen LogP contribution in [0, 0.1) is 5.92 Å². The van der Waals surface area contributed by atoms with E-state index in [4.69, 9.17) is 0 Å². The average Bonchev–Trinajstić information content (AvgIpc) is 2.70. The molecule has 17 heavy (non-hydrogen) atoms. The number of nitrogens with zero attached hydrogens (tertiary/aromatic N) is 1. The Bertz CT molecular complexity index is 419. The standard InChI is InChI=1S/C13H17NO3/c1-9-6-7-14(11(9)8-15)13(17)10-4-2-3-5-12(10)16/h2-5,9,11,15-16H,6-8H2,1H3. The smallest absolute Gasteiger partial charge is 0.257 e. The Labute approximate surface area is 100 Å². The molecule has 2 rings (SSSR count). The summed E-state index contributed by atoms with van der Waals surface area (Å²) < 4.78 is 0. The van der Waals surface area contributed by atoms with Crippen LogP contribution in [0.25, 0.3) is 0 Å². The van der Waals surface area contributed by atoms with Gasteiger partial charge in [0.05, 0.1) is 18.2 Å². The van der Waals surface area contributed by atoms with Gasteiger partial charge in [0.25, 0.3) is 5.91 Å². The first-order valence-corrected chi connectivity index (χ1v) is 5.85. The molecule has 2 unspecified atom stereocenters. The van der Waals surface area contributed by atoms with Crippen LogP contribution in [0.3, 0.4) is 0 Å². The third-order valence-electron chi connectivity index (χ3n) is 3.46. The molecule has 2 atom stereocenters. The predicted molar refractivity (Wildman–Crippen MR) is 63.8 cm³/mol. The number of aromatic hydroxyl groups is 1. The largest absolute Gasteiger partial charge is 0.507 e. The molecule has 0 aliphatic carbocycles. The number of aliphatic hydroxyl groups is 1. The van der Waals surface area contributed by atoms with Crippen LogP contribution >= 0.6 is 0 Å². The van der Waals surface area contributed by atoms with E-state index in [0.717, 1.165) is 6.42 Å². The van der Waals surface area contributed by atoms with Crippen molar-refractivity contribution >= 4 is 5.91 Å². The maximum absolute atomic E-state index is 12.2. The van der Waals surface area contributed by atoms with Gasteiger partial charge in [-0.3, -0.25) is 4.79 Å². The molecule has 1 aliphatic rings. The summed E-state index contributed by atoms with van der Waals surface area (Å²) in [5, 5.41) is 19.0. The molecule has 92 valence electrons. The summed E-state index contributed by atoms with van der Waals surface area (Å²) in [6.45, 7) is 2.64. The number of benzene rings is 1. The van der Waals surface area contributed by atoms with Gasteiger partial charge in [-0.2, -0.15) is 0 Å². The lowest BCUT2D eigenvalue weighted by Crippen LogP contribution is -2.39. The maximum atomic E-state index is 12.2. The minimum atomic E-state index is -0.202. The molecule has 1 heterocycles. The molecule has 0 aromatic heterocycles. The molecule has 1 fully saturated rings. The molecule has 1 aliphatic heterocycles. The van der Waals surface area contributed by atoms with Gasteiger partial charge in [0, 0.05) is 6.54 Å². The Balaban J connectivity index is 2.24. The van der Waals surface area contributed by atoms with E-state index in [1.807, 2.05) is 6.92 Å². The number of phenols is 1. The Morgan fingerprint density at radius 2 is 2.18 bits per heavy atom. The van der Waals surface area contributed by atoms with Crippen LogP contribution in [0.15, 0.2) is 24.3 Å². The van der Waals surface area contributed by atoms with Crippen molar-refractivity contribution in [2.24, 2.45) is 5.92 Å². The fourth-order valence-corrected chi connectivity index (χ4v) is 2.35. The van der Waals surface area contributed by atoms with E-state index >= 15 is 0 Å². The Hall–Kier alpha value is -1.55. The highest BCUT2D eigenvalue weighted by Crippen LogP contribution is 2.27. The van der Waals surface area contributed by atoms with Gasteiger partial charge < -0.3 is 15.1 Å². The van der Waals surface area contributed by atoms with Gasteiger partial charge in [0.2, 0.25) is 0 Å². The molecule has 4 heteroatoms. The van der Waals surface area contributed by atoms with Crippen molar-refractivity contribution in [2.75, 3.05) is 13.2 Å². The summed E-state index contributed by atoms with van der Waals surface area (Å²) in [4.78, 5) is 13.9.